The first-order valence-corrected chi connectivity index (χ1v) is 16.3. The molecule has 9 rings (SSSR count). The molecule has 50 heavy (non-hydrogen) atoms. The summed E-state index contributed by atoms with van der Waals surface area (Å²) < 4.78 is 12.3. The molecule has 7 aromatic carbocycles. The normalized spacial score (nSPS) is 12.4. The minimum Gasteiger partial charge on any atom is -0.453 e. The van der Waals surface area contributed by atoms with Gasteiger partial charge in [0, 0.05) is 33.6 Å². The van der Waals surface area contributed by atoms with Crippen molar-refractivity contribution in [2.45, 2.75) is 0 Å². The monoisotopic (exact) mass is 648 g/mol. The molecular formula is C44H28N2O4. The molecule has 0 fully saturated rings. The van der Waals surface area contributed by atoms with Gasteiger partial charge in [-0.3, -0.25) is 9.59 Å². The third kappa shape index (κ3) is 4.98. The maximum atomic E-state index is 13.5. The molecule has 2 heterocycles. The number of carbonyl (C=O) groups excluding carboxylic acids is 2. The van der Waals surface area contributed by atoms with E-state index in [9.17, 15) is 9.59 Å². The van der Waals surface area contributed by atoms with Gasteiger partial charge in [0.25, 0.3) is 0 Å². The molecule has 0 unspecified atom stereocenters. The summed E-state index contributed by atoms with van der Waals surface area (Å²) in [5, 5.41) is 0. The lowest BCUT2D eigenvalue weighted by molar-refractivity contribution is 0.102. The van der Waals surface area contributed by atoms with E-state index in [1.54, 1.807) is 24.3 Å². The molecule has 7 aromatic rings. The zero-order valence-corrected chi connectivity index (χ0v) is 26.7. The molecule has 0 N–H and O–H groups in total. The molecule has 6 heteroatoms. The van der Waals surface area contributed by atoms with Crippen LogP contribution in [0.1, 0.15) is 31.8 Å². The lowest BCUT2D eigenvalue weighted by Crippen LogP contribution is -2.15. The molecule has 0 spiro atoms. The van der Waals surface area contributed by atoms with Crippen LogP contribution in [0.4, 0.5) is 34.1 Å². The van der Waals surface area contributed by atoms with Crippen LogP contribution in [0.15, 0.2) is 170 Å². The van der Waals surface area contributed by atoms with Gasteiger partial charge in [-0.15, -0.1) is 0 Å². The summed E-state index contributed by atoms with van der Waals surface area (Å²) >= 11 is 0. The van der Waals surface area contributed by atoms with Crippen LogP contribution in [-0.4, -0.2) is 11.6 Å². The average Bonchev–Trinajstić information content (AvgIpc) is 3.18. The van der Waals surface area contributed by atoms with Gasteiger partial charge in [0.15, 0.2) is 34.6 Å². The number of rotatable bonds is 6. The van der Waals surface area contributed by atoms with Crippen molar-refractivity contribution in [1.29, 1.82) is 0 Å². The van der Waals surface area contributed by atoms with Gasteiger partial charge in [-0.05, 0) is 97.1 Å². The third-order valence-electron chi connectivity index (χ3n) is 9.05. The van der Waals surface area contributed by atoms with Gasteiger partial charge in [-0.25, -0.2) is 0 Å². The number of ketones is 2. The average molecular weight is 649 g/mol. The van der Waals surface area contributed by atoms with Crippen molar-refractivity contribution in [2.75, 3.05) is 9.80 Å². The molecule has 2 aliphatic heterocycles. The van der Waals surface area contributed by atoms with Crippen molar-refractivity contribution in [3.63, 3.8) is 0 Å². The fourth-order valence-electron chi connectivity index (χ4n) is 6.60. The number of hydrogen-bond acceptors (Lipinski definition) is 6. The van der Waals surface area contributed by atoms with E-state index in [-0.39, 0.29) is 11.6 Å². The second-order valence-corrected chi connectivity index (χ2v) is 12.1. The lowest BCUT2D eigenvalue weighted by Gasteiger charge is -2.32. The molecule has 238 valence electrons. The summed E-state index contributed by atoms with van der Waals surface area (Å²) in [5.74, 6) is 2.84. The topological polar surface area (TPSA) is 59.1 Å². The molecule has 0 bridgehead atoms. The number of para-hydroxylation sites is 8. The van der Waals surface area contributed by atoms with E-state index in [4.69, 9.17) is 9.47 Å². The molecule has 0 amide bonds. The molecule has 0 saturated heterocycles. The highest BCUT2D eigenvalue weighted by Gasteiger charge is 2.27. The van der Waals surface area contributed by atoms with Gasteiger partial charge < -0.3 is 19.3 Å². The predicted octanol–water partition coefficient (Wildman–Crippen LogP) is 11.3. The summed E-state index contributed by atoms with van der Waals surface area (Å²) in [7, 11) is 0. The van der Waals surface area contributed by atoms with Crippen LogP contribution in [-0.2, 0) is 0 Å². The zero-order valence-electron chi connectivity index (χ0n) is 26.7. The van der Waals surface area contributed by atoms with Gasteiger partial charge in [0.2, 0.25) is 0 Å². The van der Waals surface area contributed by atoms with E-state index in [0.29, 0.717) is 22.3 Å². The maximum Gasteiger partial charge on any atom is 0.193 e. The van der Waals surface area contributed by atoms with Crippen molar-refractivity contribution >= 4 is 45.7 Å². The smallest absolute Gasteiger partial charge is 0.193 e. The Bertz CT molecular complexity index is 2160. The minimum atomic E-state index is -0.117. The Morgan fingerprint density at radius 3 is 0.840 bits per heavy atom. The zero-order chi connectivity index (χ0) is 33.6. The van der Waals surface area contributed by atoms with Crippen molar-refractivity contribution in [3.8, 4) is 23.0 Å². The van der Waals surface area contributed by atoms with E-state index in [0.717, 1.165) is 57.1 Å². The first kappa shape index (κ1) is 29.2. The summed E-state index contributed by atoms with van der Waals surface area (Å²) in [6.07, 6.45) is 0. The molecule has 0 aliphatic carbocycles. The number of anilines is 6. The van der Waals surface area contributed by atoms with Crippen molar-refractivity contribution in [1.82, 2.24) is 0 Å². The van der Waals surface area contributed by atoms with Crippen LogP contribution < -0.4 is 19.3 Å². The molecular weight excluding hydrogens is 620 g/mol. The van der Waals surface area contributed by atoms with Crippen LogP contribution in [0.25, 0.3) is 0 Å². The molecule has 0 atom stereocenters. The first-order chi connectivity index (χ1) is 24.6. The summed E-state index contributed by atoms with van der Waals surface area (Å²) in [4.78, 5) is 31.3. The highest BCUT2D eigenvalue weighted by Crippen LogP contribution is 2.51. The Balaban J connectivity index is 0.934. The van der Waals surface area contributed by atoms with Gasteiger partial charge in [0.05, 0.1) is 22.7 Å². The van der Waals surface area contributed by atoms with Crippen LogP contribution >= 0.6 is 0 Å². The maximum absolute atomic E-state index is 13.5. The van der Waals surface area contributed by atoms with Gasteiger partial charge in [0.1, 0.15) is 0 Å². The Hall–Kier alpha value is -6.92. The van der Waals surface area contributed by atoms with Crippen molar-refractivity contribution in [3.05, 3.63) is 192 Å². The van der Waals surface area contributed by atoms with Crippen LogP contribution in [0.2, 0.25) is 0 Å². The second kappa shape index (κ2) is 12.0. The fourth-order valence-corrected chi connectivity index (χ4v) is 6.60. The van der Waals surface area contributed by atoms with Crippen LogP contribution in [0, 0.1) is 0 Å². The number of carbonyl (C=O) groups is 2. The third-order valence-corrected chi connectivity index (χ3v) is 9.05. The Morgan fingerprint density at radius 1 is 0.320 bits per heavy atom. The van der Waals surface area contributed by atoms with E-state index >= 15 is 0 Å². The minimum absolute atomic E-state index is 0.117. The fraction of sp³-hybridized carbons (Fsp3) is 0. The lowest BCUT2D eigenvalue weighted by atomic mass is 9.98. The highest BCUT2D eigenvalue weighted by molar-refractivity contribution is 6.12. The molecule has 2 aliphatic rings. The quantitative estimate of drug-likeness (QED) is 0.167. The molecule has 6 nitrogen and oxygen atoms in total. The number of benzene rings is 7. The van der Waals surface area contributed by atoms with Crippen LogP contribution in [0.3, 0.4) is 0 Å². The summed E-state index contributed by atoms with van der Waals surface area (Å²) in [6, 6.07) is 53.6. The highest BCUT2D eigenvalue weighted by atomic mass is 16.5. The van der Waals surface area contributed by atoms with Crippen LogP contribution in [0.5, 0.6) is 23.0 Å². The van der Waals surface area contributed by atoms with Gasteiger partial charge in [-0.2, -0.15) is 0 Å². The summed E-state index contributed by atoms with van der Waals surface area (Å²) in [5.41, 5.74) is 7.68. The Kier molecular flexibility index (Phi) is 6.99. The van der Waals surface area contributed by atoms with Crippen molar-refractivity contribution in [2.24, 2.45) is 0 Å². The first-order valence-electron chi connectivity index (χ1n) is 16.3. The van der Waals surface area contributed by atoms with E-state index in [1.165, 1.54) is 0 Å². The predicted molar refractivity (Wildman–Crippen MR) is 196 cm³/mol. The van der Waals surface area contributed by atoms with E-state index in [1.807, 2.05) is 146 Å². The standard InChI is InChI=1S/C44H28N2O4/c47-43(31-21-25-33(26-22-31)45-35-9-1-5-13-39(35)49-40-14-6-2-10-36(40)45)29-17-19-30(20-18-29)44(48)32-23-27-34(28-24-32)46-37-11-3-7-15-41(37)50-42-16-8-4-12-38(42)46/h1-28H. The number of fused-ring (bicyclic) bond motifs is 4. The molecule has 0 radical (unpaired) electrons. The van der Waals surface area contributed by atoms with E-state index < -0.39 is 0 Å². The van der Waals surface area contributed by atoms with E-state index in [2.05, 4.69) is 9.80 Å². The van der Waals surface area contributed by atoms with Gasteiger partial charge in [-0.1, -0.05) is 72.8 Å². The Morgan fingerprint density at radius 2 is 0.560 bits per heavy atom. The van der Waals surface area contributed by atoms with Gasteiger partial charge >= 0.3 is 0 Å². The number of nitrogens with zero attached hydrogens (tertiary/aromatic N) is 2. The molecule has 0 saturated carbocycles. The second-order valence-electron chi connectivity index (χ2n) is 12.1. The Labute approximate surface area is 289 Å². The largest absolute Gasteiger partial charge is 0.453 e. The molecule has 0 aromatic heterocycles. The number of hydrogen-bond donors (Lipinski definition) is 0. The SMILES string of the molecule is O=C(c1ccc(C(=O)c2ccc(N3c4ccccc4Oc4ccccc43)cc2)cc1)c1ccc(N2c3ccccc3Oc3ccccc32)cc1. The number of ether oxygens (including phenoxy) is 2. The van der Waals surface area contributed by atoms with Crippen molar-refractivity contribution < 1.29 is 19.1 Å². The summed E-state index contributed by atoms with van der Waals surface area (Å²) in [6.45, 7) is 0.